The molecular formula is C21H25N3OS. The highest BCUT2D eigenvalue weighted by Gasteiger charge is 2.23. The summed E-state index contributed by atoms with van der Waals surface area (Å²) in [6.07, 6.45) is 3.23. The van der Waals surface area contributed by atoms with Gasteiger partial charge in [0.15, 0.2) is 0 Å². The first kappa shape index (κ1) is 17.3. The van der Waals surface area contributed by atoms with Crippen LogP contribution in [0.25, 0.3) is 10.2 Å². The Kier molecular flexibility index (Phi) is 4.35. The van der Waals surface area contributed by atoms with Gasteiger partial charge in [-0.2, -0.15) is 0 Å². The normalized spacial score (nSPS) is 17.9. The van der Waals surface area contributed by atoms with E-state index in [0.717, 1.165) is 35.2 Å². The van der Waals surface area contributed by atoms with Crippen molar-refractivity contribution in [2.24, 2.45) is 5.92 Å². The lowest BCUT2D eigenvalue weighted by atomic mass is 9.89. The van der Waals surface area contributed by atoms with Crippen molar-refractivity contribution in [2.45, 2.75) is 53.0 Å². The van der Waals surface area contributed by atoms with Crippen LogP contribution in [0.1, 0.15) is 53.7 Å². The summed E-state index contributed by atoms with van der Waals surface area (Å²) in [5.41, 5.74) is 4.81. The summed E-state index contributed by atoms with van der Waals surface area (Å²) in [4.78, 5) is 22.8. The van der Waals surface area contributed by atoms with Crippen LogP contribution in [0.3, 0.4) is 0 Å². The summed E-state index contributed by atoms with van der Waals surface area (Å²) >= 11 is 1.70. The number of aromatic amines is 1. The van der Waals surface area contributed by atoms with Gasteiger partial charge in [0, 0.05) is 10.6 Å². The van der Waals surface area contributed by atoms with Crippen LogP contribution in [0.4, 0.5) is 5.69 Å². The Balaban J connectivity index is 1.68. The van der Waals surface area contributed by atoms with E-state index in [1.165, 1.54) is 21.6 Å². The molecule has 3 aromatic rings. The topological polar surface area (TPSA) is 57.8 Å². The minimum absolute atomic E-state index is 0.00536. The maximum absolute atomic E-state index is 12.8. The van der Waals surface area contributed by atoms with Crippen LogP contribution >= 0.6 is 11.3 Å². The van der Waals surface area contributed by atoms with Crippen molar-refractivity contribution in [3.63, 3.8) is 0 Å². The maximum Gasteiger partial charge on any atom is 0.259 e. The number of anilines is 1. The minimum atomic E-state index is -0.0627. The van der Waals surface area contributed by atoms with E-state index in [0.29, 0.717) is 11.7 Å². The summed E-state index contributed by atoms with van der Waals surface area (Å²) in [5.74, 6) is 1.40. The van der Waals surface area contributed by atoms with Crippen molar-refractivity contribution < 1.29 is 0 Å². The average molecular weight is 368 g/mol. The zero-order chi connectivity index (χ0) is 18.4. The Labute approximate surface area is 157 Å². The number of nitrogens with zero attached hydrogens (tertiary/aromatic N) is 1. The van der Waals surface area contributed by atoms with Crippen LogP contribution in [0, 0.1) is 19.8 Å². The second-order valence-electron chi connectivity index (χ2n) is 7.65. The molecule has 1 aliphatic rings. The number of rotatable bonds is 3. The molecule has 26 heavy (non-hydrogen) atoms. The number of thiophene rings is 1. The van der Waals surface area contributed by atoms with Crippen LogP contribution in [0.2, 0.25) is 0 Å². The Hall–Kier alpha value is -2.14. The van der Waals surface area contributed by atoms with E-state index in [4.69, 9.17) is 4.98 Å². The highest BCUT2D eigenvalue weighted by molar-refractivity contribution is 7.18. The monoisotopic (exact) mass is 367 g/mol. The summed E-state index contributed by atoms with van der Waals surface area (Å²) < 4.78 is 0. The van der Waals surface area contributed by atoms with Gasteiger partial charge in [0.1, 0.15) is 10.7 Å². The molecule has 4 rings (SSSR count). The number of hydrogen-bond donors (Lipinski definition) is 2. The highest BCUT2D eigenvalue weighted by Crippen LogP contribution is 2.36. The zero-order valence-electron chi connectivity index (χ0n) is 15.8. The van der Waals surface area contributed by atoms with Crippen LogP contribution in [-0.4, -0.2) is 9.97 Å². The van der Waals surface area contributed by atoms with Gasteiger partial charge in [0.05, 0.1) is 11.4 Å². The fraction of sp³-hybridized carbons (Fsp3) is 0.429. The van der Waals surface area contributed by atoms with Gasteiger partial charge in [-0.25, -0.2) is 4.98 Å². The Morgan fingerprint density at radius 2 is 2.12 bits per heavy atom. The van der Waals surface area contributed by atoms with E-state index in [2.05, 4.69) is 49.3 Å². The average Bonchev–Trinajstić information content (AvgIpc) is 2.95. The molecule has 1 aromatic carbocycles. The van der Waals surface area contributed by atoms with Crippen molar-refractivity contribution in [1.82, 2.24) is 9.97 Å². The van der Waals surface area contributed by atoms with Crippen molar-refractivity contribution >= 4 is 27.2 Å². The molecule has 4 nitrogen and oxygen atoms in total. The third-order valence-corrected chi connectivity index (χ3v) is 6.63. The van der Waals surface area contributed by atoms with E-state index < -0.39 is 0 Å². The van der Waals surface area contributed by atoms with Gasteiger partial charge in [-0.1, -0.05) is 13.0 Å². The predicted octanol–water partition coefficient (Wildman–Crippen LogP) is 4.90. The molecule has 2 atom stereocenters. The van der Waals surface area contributed by atoms with Gasteiger partial charge in [0.2, 0.25) is 0 Å². The second kappa shape index (κ2) is 6.54. The number of H-pyrrole nitrogens is 1. The van der Waals surface area contributed by atoms with E-state index in [1.54, 1.807) is 11.3 Å². The molecule has 2 heterocycles. The largest absolute Gasteiger partial charge is 0.375 e. The van der Waals surface area contributed by atoms with Crippen LogP contribution in [0.15, 0.2) is 23.0 Å². The molecule has 0 spiro atoms. The first-order valence-electron chi connectivity index (χ1n) is 9.30. The first-order chi connectivity index (χ1) is 12.4. The van der Waals surface area contributed by atoms with E-state index in [-0.39, 0.29) is 11.6 Å². The highest BCUT2D eigenvalue weighted by atomic mass is 32.1. The molecule has 136 valence electrons. The van der Waals surface area contributed by atoms with Crippen LogP contribution in [0.5, 0.6) is 0 Å². The van der Waals surface area contributed by atoms with Gasteiger partial charge in [-0.05, 0) is 74.8 Å². The quantitative estimate of drug-likeness (QED) is 0.692. The SMILES string of the molecule is Cc1ccc(N[C@@H](C)c2nc3sc4c(c3c(=O)[nH]2)CC[C@@H](C)C4)cc1C. The molecule has 0 fully saturated rings. The fourth-order valence-corrected chi connectivity index (χ4v) is 5.11. The molecule has 0 unspecified atom stereocenters. The number of fused-ring (bicyclic) bond motifs is 3. The van der Waals surface area contributed by atoms with Crippen LogP contribution < -0.4 is 10.9 Å². The molecule has 0 aliphatic heterocycles. The molecule has 0 bridgehead atoms. The van der Waals surface area contributed by atoms with Crippen molar-refractivity contribution in [1.29, 1.82) is 0 Å². The predicted molar refractivity (Wildman–Crippen MR) is 109 cm³/mol. The molecule has 2 N–H and O–H groups in total. The maximum atomic E-state index is 12.8. The van der Waals surface area contributed by atoms with Crippen molar-refractivity contribution in [3.8, 4) is 0 Å². The molecule has 0 amide bonds. The smallest absolute Gasteiger partial charge is 0.259 e. The van der Waals surface area contributed by atoms with E-state index in [1.807, 2.05) is 6.92 Å². The summed E-state index contributed by atoms with van der Waals surface area (Å²) in [6, 6.07) is 6.25. The van der Waals surface area contributed by atoms with Gasteiger partial charge in [-0.15, -0.1) is 11.3 Å². The Bertz CT molecular complexity index is 1030. The molecular weight excluding hydrogens is 342 g/mol. The Morgan fingerprint density at radius 1 is 1.31 bits per heavy atom. The number of aryl methyl sites for hydroxylation is 3. The van der Waals surface area contributed by atoms with Gasteiger partial charge in [0.25, 0.3) is 5.56 Å². The number of aromatic nitrogens is 2. The van der Waals surface area contributed by atoms with E-state index in [9.17, 15) is 4.79 Å². The van der Waals surface area contributed by atoms with Gasteiger partial charge < -0.3 is 10.3 Å². The Morgan fingerprint density at radius 3 is 2.88 bits per heavy atom. The lowest BCUT2D eigenvalue weighted by Crippen LogP contribution is -2.18. The van der Waals surface area contributed by atoms with Gasteiger partial charge in [-0.3, -0.25) is 4.79 Å². The lowest BCUT2D eigenvalue weighted by Gasteiger charge is -2.17. The number of nitrogens with one attached hydrogen (secondary N) is 2. The lowest BCUT2D eigenvalue weighted by molar-refractivity contribution is 0.509. The minimum Gasteiger partial charge on any atom is -0.375 e. The molecule has 0 saturated heterocycles. The van der Waals surface area contributed by atoms with Crippen LogP contribution in [-0.2, 0) is 12.8 Å². The van der Waals surface area contributed by atoms with E-state index >= 15 is 0 Å². The molecule has 0 radical (unpaired) electrons. The molecule has 2 aromatic heterocycles. The fourth-order valence-electron chi connectivity index (χ4n) is 3.72. The van der Waals surface area contributed by atoms with Gasteiger partial charge >= 0.3 is 0 Å². The summed E-state index contributed by atoms with van der Waals surface area (Å²) in [7, 11) is 0. The first-order valence-corrected chi connectivity index (χ1v) is 10.1. The zero-order valence-corrected chi connectivity index (χ0v) is 16.6. The third-order valence-electron chi connectivity index (χ3n) is 5.48. The summed E-state index contributed by atoms with van der Waals surface area (Å²) in [5, 5.41) is 4.28. The second-order valence-corrected chi connectivity index (χ2v) is 8.73. The summed E-state index contributed by atoms with van der Waals surface area (Å²) in [6.45, 7) is 8.53. The number of hydrogen-bond acceptors (Lipinski definition) is 4. The molecule has 0 saturated carbocycles. The molecule has 1 aliphatic carbocycles. The third kappa shape index (κ3) is 3.05. The van der Waals surface area contributed by atoms with Crippen molar-refractivity contribution in [2.75, 3.05) is 5.32 Å². The standard InChI is InChI=1S/C21H25N3OS/c1-11-5-8-16-17(9-11)26-21-18(16)20(25)23-19(24-21)14(4)22-15-7-6-12(2)13(3)10-15/h6-7,10-11,14,22H,5,8-9H2,1-4H3,(H,23,24,25)/t11-,14+/m1/s1. The number of benzene rings is 1. The van der Waals surface area contributed by atoms with Crippen molar-refractivity contribution in [3.05, 3.63) is 55.9 Å². The molecule has 5 heteroatoms.